The second kappa shape index (κ2) is 11.5. The van der Waals surface area contributed by atoms with Gasteiger partial charge in [0.15, 0.2) is 6.10 Å². The van der Waals surface area contributed by atoms with Crippen molar-refractivity contribution in [3.05, 3.63) is 83.9 Å². The van der Waals surface area contributed by atoms with E-state index in [1.165, 1.54) is 19.1 Å². The summed E-state index contributed by atoms with van der Waals surface area (Å²) in [6.07, 6.45) is 5.65. The highest BCUT2D eigenvalue weighted by Gasteiger charge is 2.75. The third-order valence-electron chi connectivity index (χ3n) is 9.61. The normalized spacial score (nSPS) is 33.2. The molecule has 222 valence electrons. The standard InChI is InChI=1S/C35H40O7/c1-23-20-28(40-30(37)18-16-25-12-8-6-9-13-25)32(39-24(2)36)34(5)29(21-27-22-35(23,34)42-33(27,3)4)41-31(38)19-17-26-14-10-7-11-15-26/h6-19,23,27-29,32H,20-22H2,1-5H3/b18-16+,19-17+. The van der Waals surface area contributed by atoms with Crippen LogP contribution in [-0.4, -0.2) is 47.4 Å². The molecule has 7 nitrogen and oxygen atoms in total. The van der Waals surface area contributed by atoms with Gasteiger partial charge < -0.3 is 18.9 Å². The van der Waals surface area contributed by atoms with Crippen LogP contribution in [0.15, 0.2) is 72.8 Å². The maximum atomic E-state index is 13.2. The predicted octanol–water partition coefficient (Wildman–Crippen LogP) is 6.17. The highest BCUT2D eigenvalue weighted by molar-refractivity contribution is 5.88. The van der Waals surface area contributed by atoms with Crippen LogP contribution in [0, 0.1) is 17.3 Å². The lowest BCUT2D eigenvalue weighted by atomic mass is 9.49. The van der Waals surface area contributed by atoms with Crippen LogP contribution in [0.3, 0.4) is 0 Å². The Kier molecular flexibility index (Phi) is 8.17. The van der Waals surface area contributed by atoms with Crippen molar-refractivity contribution < 1.29 is 33.3 Å². The van der Waals surface area contributed by atoms with Crippen molar-refractivity contribution in [3.63, 3.8) is 0 Å². The lowest BCUT2D eigenvalue weighted by Gasteiger charge is -2.61. The SMILES string of the molecule is CC(=O)OC1C(OC(=O)/C=C/c2ccccc2)CC(C)C23CC(CC(OC(=O)/C=C/c4ccccc4)C12C)C(C)(C)O3. The van der Waals surface area contributed by atoms with Crippen molar-refractivity contribution >= 4 is 30.1 Å². The number of benzene rings is 2. The van der Waals surface area contributed by atoms with E-state index in [9.17, 15) is 14.4 Å². The Labute approximate surface area is 247 Å². The molecule has 1 spiro atoms. The van der Waals surface area contributed by atoms with Crippen LogP contribution in [-0.2, 0) is 33.3 Å². The van der Waals surface area contributed by atoms with E-state index >= 15 is 0 Å². The molecule has 2 aromatic rings. The molecule has 2 aliphatic carbocycles. The zero-order chi connectivity index (χ0) is 30.1. The van der Waals surface area contributed by atoms with Gasteiger partial charge in [0.05, 0.1) is 16.6 Å². The largest absolute Gasteiger partial charge is 0.458 e. The summed E-state index contributed by atoms with van der Waals surface area (Å²) in [7, 11) is 0. The van der Waals surface area contributed by atoms with E-state index in [-0.39, 0.29) is 11.8 Å². The van der Waals surface area contributed by atoms with Crippen molar-refractivity contribution in [2.75, 3.05) is 0 Å². The summed E-state index contributed by atoms with van der Waals surface area (Å²) < 4.78 is 25.2. The van der Waals surface area contributed by atoms with Gasteiger partial charge in [-0.1, -0.05) is 67.6 Å². The minimum atomic E-state index is -0.981. The number of hydrogen-bond acceptors (Lipinski definition) is 7. The van der Waals surface area contributed by atoms with Gasteiger partial charge in [0.1, 0.15) is 12.2 Å². The van der Waals surface area contributed by atoms with Crippen LogP contribution >= 0.6 is 0 Å². The van der Waals surface area contributed by atoms with Gasteiger partial charge in [-0.05, 0) is 75.1 Å². The molecule has 1 heterocycles. The van der Waals surface area contributed by atoms with Crippen LogP contribution in [0.5, 0.6) is 0 Å². The van der Waals surface area contributed by atoms with Crippen LogP contribution < -0.4 is 0 Å². The lowest BCUT2D eigenvalue weighted by Crippen LogP contribution is -2.71. The van der Waals surface area contributed by atoms with Crippen LogP contribution in [0.1, 0.15) is 65.0 Å². The fraction of sp³-hybridized carbons (Fsp3) is 0.457. The lowest BCUT2D eigenvalue weighted by molar-refractivity contribution is -0.284. The number of fused-ring (bicyclic) bond motifs is 1. The molecular weight excluding hydrogens is 532 g/mol. The van der Waals surface area contributed by atoms with Crippen LogP contribution in [0.4, 0.5) is 0 Å². The van der Waals surface area contributed by atoms with E-state index < -0.39 is 52.8 Å². The van der Waals surface area contributed by atoms with E-state index in [0.717, 1.165) is 17.5 Å². The van der Waals surface area contributed by atoms with Gasteiger partial charge >= 0.3 is 17.9 Å². The monoisotopic (exact) mass is 572 g/mol. The Morgan fingerprint density at radius 3 is 1.90 bits per heavy atom. The average Bonchev–Trinajstić information content (AvgIpc) is 3.20. The van der Waals surface area contributed by atoms with Gasteiger partial charge in [0.2, 0.25) is 0 Å². The number of rotatable bonds is 7. The topological polar surface area (TPSA) is 88.1 Å². The average molecular weight is 573 g/mol. The summed E-state index contributed by atoms with van der Waals surface area (Å²) in [5, 5.41) is 0. The van der Waals surface area contributed by atoms with Crippen molar-refractivity contribution in [1.82, 2.24) is 0 Å². The molecule has 5 rings (SSSR count). The van der Waals surface area contributed by atoms with Crippen LogP contribution in [0.2, 0.25) is 0 Å². The van der Waals surface area contributed by atoms with Gasteiger partial charge in [0, 0.05) is 19.1 Å². The first-order valence-electron chi connectivity index (χ1n) is 14.7. The molecule has 0 amide bonds. The summed E-state index contributed by atoms with van der Waals surface area (Å²) in [6.45, 7) is 9.53. The summed E-state index contributed by atoms with van der Waals surface area (Å²) in [5.41, 5.74) is -0.463. The molecule has 1 aliphatic heterocycles. The molecule has 42 heavy (non-hydrogen) atoms. The van der Waals surface area contributed by atoms with Gasteiger partial charge in [-0.3, -0.25) is 4.79 Å². The number of carbonyl (C=O) groups is 3. The quantitative estimate of drug-likeness (QED) is 0.223. The summed E-state index contributed by atoms with van der Waals surface area (Å²) >= 11 is 0. The second-order valence-electron chi connectivity index (χ2n) is 12.6. The molecule has 0 radical (unpaired) electrons. The predicted molar refractivity (Wildman–Crippen MR) is 159 cm³/mol. The maximum Gasteiger partial charge on any atom is 0.331 e. The Morgan fingerprint density at radius 1 is 0.810 bits per heavy atom. The van der Waals surface area contributed by atoms with Gasteiger partial charge in [0.25, 0.3) is 0 Å². The molecule has 7 unspecified atom stereocenters. The van der Waals surface area contributed by atoms with Crippen LogP contribution in [0.25, 0.3) is 12.2 Å². The number of hydrogen-bond donors (Lipinski definition) is 0. The first-order valence-corrected chi connectivity index (χ1v) is 14.7. The molecule has 1 saturated heterocycles. The summed E-state index contributed by atoms with van der Waals surface area (Å²) in [6, 6.07) is 19.0. The molecule has 0 aromatic heterocycles. The third kappa shape index (κ3) is 5.54. The molecular formula is C35H40O7. The molecule has 7 heteroatoms. The Balaban J connectivity index is 1.47. The maximum absolute atomic E-state index is 13.2. The summed E-state index contributed by atoms with van der Waals surface area (Å²) in [5.74, 6) is -1.46. The Bertz CT molecular complexity index is 1360. The molecule has 2 aromatic carbocycles. The molecule has 7 atom stereocenters. The minimum absolute atomic E-state index is 0.0733. The Hall–Kier alpha value is -3.71. The van der Waals surface area contributed by atoms with Gasteiger partial charge in [-0.2, -0.15) is 0 Å². The van der Waals surface area contributed by atoms with Crippen molar-refractivity contribution in [3.8, 4) is 0 Å². The van der Waals surface area contributed by atoms with Crippen molar-refractivity contribution in [2.24, 2.45) is 17.3 Å². The van der Waals surface area contributed by atoms with E-state index in [1.54, 1.807) is 12.2 Å². The Morgan fingerprint density at radius 2 is 1.36 bits per heavy atom. The van der Waals surface area contributed by atoms with Gasteiger partial charge in [-0.15, -0.1) is 0 Å². The molecule has 2 saturated carbocycles. The molecule has 3 fully saturated rings. The van der Waals surface area contributed by atoms with E-state index in [2.05, 4.69) is 20.8 Å². The highest BCUT2D eigenvalue weighted by Crippen LogP contribution is 2.67. The van der Waals surface area contributed by atoms with E-state index in [0.29, 0.717) is 12.8 Å². The van der Waals surface area contributed by atoms with Crippen molar-refractivity contribution in [1.29, 1.82) is 0 Å². The fourth-order valence-corrected chi connectivity index (χ4v) is 7.47. The zero-order valence-electron chi connectivity index (χ0n) is 24.9. The fourth-order valence-electron chi connectivity index (χ4n) is 7.47. The first-order chi connectivity index (χ1) is 19.9. The van der Waals surface area contributed by atoms with E-state index in [1.807, 2.05) is 67.6 Å². The zero-order valence-corrected chi connectivity index (χ0v) is 24.9. The summed E-state index contributed by atoms with van der Waals surface area (Å²) in [4.78, 5) is 38.8. The second-order valence-corrected chi connectivity index (χ2v) is 12.6. The molecule has 0 N–H and O–H groups in total. The smallest absolute Gasteiger partial charge is 0.331 e. The van der Waals surface area contributed by atoms with Gasteiger partial charge in [-0.25, -0.2) is 9.59 Å². The molecule has 3 aliphatic rings. The minimum Gasteiger partial charge on any atom is -0.458 e. The number of carbonyl (C=O) groups excluding carboxylic acids is 3. The molecule has 2 bridgehead atoms. The third-order valence-corrected chi connectivity index (χ3v) is 9.61. The van der Waals surface area contributed by atoms with Crippen molar-refractivity contribution in [2.45, 2.75) is 83.4 Å². The first kappa shape index (κ1) is 29.8. The number of ether oxygens (including phenoxy) is 4. The number of esters is 3. The van der Waals surface area contributed by atoms with E-state index in [4.69, 9.17) is 18.9 Å². The highest BCUT2D eigenvalue weighted by atomic mass is 16.6.